The molecule has 0 aliphatic rings. The van der Waals surface area contributed by atoms with Gasteiger partial charge in [0, 0.05) is 26.1 Å². The van der Waals surface area contributed by atoms with Gasteiger partial charge in [-0.15, -0.1) is 24.3 Å². The summed E-state index contributed by atoms with van der Waals surface area (Å²) in [6.45, 7) is 0.490. The van der Waals surface area contributed by atoms with E-state index < -0.39 is 12.1 Å². The molecule has 2 N–H and O–H groups in total. The number of nitrogens with one attached hydrogen (secondary N) is 1. The number of aliphatic hydroxyl groups excluding tert-OH is 1. The molecule has 156 valence electrons. The maximum Gasteiger partial charge on any atom is 0.305 e. The molecule has 8 heteroatoms. The Labute approximate surface area is 204 Å². The second-order valence-electron chi connectivity index (χ2n) is 5.79. The van der Waals surface area contributed by atoms with Gasteiger partial charge in [-0.1, -0.05) is 59.6 Å². The number of benzene rings is 2. The summed E-state index contributed by atoms with van der Waals surface area (Å²) in [5.74, 6) is 1.30. The number of rotatable bonds is 5. The van der Waals surface area contributed by atoms with E-state index in [4.69, 9.17) is 35.4 Å². The maximum atomic E-state index is 11.9. The molecule has 0 saturated heterocycles. The van der Waals surface area contributed by atoms with Crippen molar-refractivity contribution in [2.75, 3.05) is 11.4 Å². The molecule has 2 aromatic carbocycles. The number of amides is 1. The Morgan fingerprint density at radius 3 is 2.40 bits per heavy atom. The van der Waals surface area contributed by atoms with Crippen LogP contribution in [0.1, 0.15) is 16.7 Å². The third kappa shape index (κ3) is 7.56. The predicted octanol–water partition coefficient (Wildman–Crippen LogP) is 5.99. The SMILES string of the molecule is C#CC(=O)N(c1ccc(Cl)cc1Cl)C(O)c1cccs1.[NH-]CCc1ccccc1.[W]. The normalized spacial score (nSPS) is 10.6. The van der Waals surface area contributed by atoms with Gasteiger partial charge in [-0.3, -0.25) is 9.69 Å². The topological polar surface area (TPSA) is 64.3 Å². The van der Waals surface area contributed by atoms with Gasteiger partial charge in [-0.2, -0.15) is 0 Å². The van der Waals surface area contributed by atoms with Crippen LogP contribution in [0.15, 0.2) is 66.0 Å². The number of hydrogen-bond acceptors (Lipinski definition) is 3. The van der Waals surface area contributed by atoms with E-state index in [0.717, 1.165) is 11.3 Å². The molecule has 0 spiro atoms. The van der Waals surface area contributed by atoms with Gasteiger partial charge in [0.25, 0.3) is 0 Å². The Balaban J connectivity index is 0.000000379. The molecule has 0 radical (unpaired) electrons. The van der Waals surface area contributed by atoms with E-state index in [1.165, 1.54) is 29.0 Å². The first-order valence-electron chi connectivity index (χ1n) is 8.62. The zero-order chi connectivity index (χ0) is 21.2. The number of thiophene rings is 1. The first-order chi connectivity index (χ1) is 14.0. The van der Waals surface area contributed by atoms with Gasteiger partial charge in [0.1, 0.15) is 0 Å². The van der Waals surface area contributed by atoms with E-state index in [0.29, 0.717) is 22.1 Å². The number of carbonyl (C=O) groups excluding carboxylic acids is 1. The van der Waals surface area contributed by atoms with E-state index in [1.807, 2.05) is 24.1 Å². The molecule has 1 heterocycles. The molecule has 0 saturated carbocycles. The molecule has 1 unspecified atom stereocenters. The van der Waals surface area contributed by atoms with Crippen LogP contribution >= 0.6 is 34.5 Å². The number of terminal acetylenes is 1. The monoisotopic (exact) mass is 629 g/mol. The summed E-state index contributed by atoms with van der Waals surface area (Å²) in [6.07, 6.45) is 4.84. The smallest absolute Gasteiger partial charge is 0.305 e. The van der Waals surface area contributed by atoms with Gasteiger partial charge in [0.15, 0.2) is 6.23 Å². The molecule has 1 aromatic heterocycles. The van der Waals surface area contributed by atoms with Crippen molar-refractivity contribution in [3.05, 3.63) is 92.3 Å². The van der Waals surface area contributed by atoms with Crippen molar-refractivity contribution in [2.45, 2.75) is 12.6 Å². The number of aliphatic hydroxyl groups is 1. The fraction of sp³-hybridized carbons (Fsp3) is 0.136. The van der Waals surface area contributed by atoms with Crippen LogP contribution in [0.25, 0.3) is 5.73 Å². The summed E-state index contributed by atoms with van der Waals surface area (Å²) in [6, 6.07) is 18.2. The summed E-state index contributed by atoms with van der Waals surface area (Å²) in [5, 5.41) is 12.8. The minimum Gasteiger partial charge on any atom is -0.677 e. The quantitative estimate of drug-likeness (QED) is 0.278. The third-order valence-electron chi connectivity index (χ3n) is 3.81. The van der Waals surface area contributed by atoms with E-state index in [-0.39, 0.29) is 26.1 Å². The second-order valence-corrected chi connectivity index (χ2v) is 7.61. The molecule has 0 bridgehead atoms. The molecule has 0 fully saturated rings. The van der Waals surface area contributed by atoms with Gasteiger partial charge in [0.05, 0.1) is 15.6 Å². The largest absolute Gasteiger partial charge is 0.677 e. The number of hydrogen-bond donors (Lipinski definition) is 1. The van der Waals surface area contributed by atoms with Gasteiger partial charge in [-0.05, 0) is 47.6 Å². The summed E-state index contributed by atoms with van der Waals surface area (Å²) in [5.41, 5.74) is 8.50. The van der Waals surface area contributed by atoms with Crippen molar-refractivity contribution in [2.24, 2.45) is 0 Å². The van der Waals surface area contributed by atoms with Crippen molar-refractivity contribution in [1.82, 2.24) is 0 Å². The fourth-order valence-electron chi connectivity index (χ4n) is 2.45. The predicted molar refractivity (Wildman–Crippen MR) is 121 cm³/mol. The molecule has 1 amide bonds. The van der Waals surface area contributed by atoms with E-state index in [9.17, 15) is 9.90 Å². The van der Waals surface area contributed by atoms with Crippen molar-refractivity contribution < 1.29 is 31.0 Å². The second kappa shape index (κ2) is 13.6. The Kier molecular flexibility index (Phi) is 12.0. The van der Waals surface area contributed by atoms with Crippen molar-refractivity contribution in [3.63, 3.8) is 0 Å². The zero-order valence-corrected chi connectivity index (χ0v) is 21.1. The Bertz CT molecular complexity index is 963. The minimum absolute atomic E-state index is 0. The zero-order valence-electron chi connectivity index (χ0n) is 15.8. The van der Waals surface area contributed by atoms with Crippen LogP contribution in [0.5, 0.6) is 0 Å². The van der Waals surface area contributed by atoms with Gasteiger partial charge in [0.2, 0.25) is 0 Å². The first-order valence-corrected chi connectivity index (χ1v) is 10.3. The van der Waals surface area contributed by atoms with E-state index in [1.54, 1.807) is 23.6 Å². The van der Waals surface area contributed by atoms with Crippen LogP contribution in [0, 0.1) is 12.3 Å². The van der Waals surface area contributed by atoms with Crippen LogP contribution in [0.3, 0.4) is 0 Å². The van der Waals surface area contributed by atoms with Crippen LogP contribution in [-0.4, -0.2) is 17.6 Å². The van der Waals surface area contributed by atoms with Crippen LogP contribution in [0.4, 0.5) is 5.69 Å². The minimum atomic E-state index is -1.20. The van der Waals surface area contributed by atoms with Crippen LogP contribution in [0.2, 0.25) is 10.0 Å². The number of halogens is 2. The molecule has 30 heavy (non-hydrogen) atoms. The van der Waals surface area contributed by atoms with Gasteiger partial charge < -0.3 is 10.8 Å². The standard InChI is InChI=1S/C14H9Cl2NO2S.C8H10N.W/c1-2-13(18)17(14(19)12-4-3-7-20-12)11-6-5-9(15)8-10(11)16;9-7-6-8-4-2-1-3-5-8;/h1,3-8,14,19H;1-5,9H,6-7H2;/q;-1;. The Morgan fingerprint density at radius 1 is 1.17 bits per heavy atom. The summed E-state index contributed by atoms with van der Waals surface area (Å²) in [7, 11) is 0. The summed E-state index contributed by atoms with van der Waals surface area (Å²) in [4.78, 5) is 13.6. The Morgan fingerprint density at radius 2 is 1.87 bits per heavy atom. The summed E-state index contributed by atoms with van der Waals surface area (Å²) >= 11 is 13.2. The van der Waals surface area contributed by atoms with Gasteiger partial charge in [-0.25, -0.2) is 0 Å². The number of nitrogens with zero attached hydrogens (tertiary/aromatic N) is 1. The van der Waals surface area contributed by atoms with Crippen LogP contribution in [-0.2, 0) is 32.3 Å². The molecular weight excluding hydrogens is 611 g/mol. The average molecular weight is 630 g/mol. The fourth-order valence-corrected chi connectivity index (χ4v) is 3.65. The Hall–Kier alpha value is -1.64. The van der Waals surface area contributed by atoms with Gasteiger partial charge >= 0.3 is 5.91 Å². The molecular formula is C22H19Cl2N2O2SW-. The van der Waals surface area contributed by atoms with Crippen molar-refractivity contribution in [3.8, 4) is 12.3 Å². The number of carbonyl (C=O) groups is 1. The summed E-state index contributed by atoms with van der Waals surface area (Å²) < 4.78 is 0. The maximum absolute atomic E-state index is 11.9. The van der Waals surface area contributed by atoms with Crippen molar-refractivity contribution >= 4 is 46.1 Å². The molecule has 4 nitrogen and oxygen atoms in total. The van der Waals surface area contributed by atoms with E-state index >= 15 is 0 Å². The van der Waals surface area contributed by atoms with Crippen LogP contribution < -0.4 is 4.90 Å². The average Bonchev–Trinajstić information content (AvgIpc) is 3.26. The molecule has 0 aliphatic heterocycles. The first kappa shape index (κ1) is 26.4. The molecule has 1 atom stereocenters. The van der Waals surface area contributed by atoms with E-state index in [2.05, 4.69) is 12.1 Å². The third-order valence-corrected chi connectivity index (χ3v) is 5.26. The molecule has 3 rings (SSSR count). The molecule has 0 aliphatic carbocycles. The molecule has 3 aromatic rings. The number of anilines is 1. The van der Waals surface area contributed by atoms with Crippen molar-refractivity contribution in [1.29, 1.82) is 0 Å².